The van der Waals surface area contributed by atoms with Crippen LogP contribution >= 0.6 is 0 Å². The van der Waals surface area contributed by atoms with E-state index >= 15 is 0 Å². The Balaban J connectivity index is 1.66. The van der Waals surface area contributed by atoms with Gasteiger partial charge in [0.15, 0.2) is 11.5 Å². The number of methoxy groups -OCH3 is 2. The van der Waals surface area contributed by atoms with E-state index in [1.54, 1.807) is 20.4 Å². The molecule has 0 N–H and O–H groups in total. The molecular formula is C22H25N3O3. The Labute approximate surface area is 165 Å². The van der Waals surface area contributed by atoms with Crippen LogP contribution in [0.5, 0.6) is 11.5 Å². The van der Waals surface area contributed by atoms with E-state index in [0.29, 0.717) is 24.7 Å². The summed E-state index contributed by atoms with van der Waals surface area (Å²) in [6.45, 7) is 4.39. The molecular weight excluding hydrogens is 354 g/mol. The molecule has 1 aromatic heterocycles. The molecule has 0 saturated carbocycles. The average Bonchev–Trinajstić information content (AvgIpc) is 2.70. The molecule has 0 bridgehead atoms. The van der Waals surface area contributed by atoms with Crippen LogP contribution in [0.25, 0.3) is 22.0 Å². The maximum absolute atomic E-state index is 5.85. The van der Waals surface area contributed by atoms with Gasteiger partial charge in [-0.25, -0.2) is 0 Å². The number of hydrogen-bond acceptors (Lipinski definition) is 6. The molecule has 0 unspecified atom stereocenters. The molecule has 3 aromatic rings. The van der Waals surface area contributed by atoms with Crippen molar-refractivity contribution < 1.29 is 14.2 Å². The van der Waals surface area contributed by atoms with Crippen LogP contribution in [0.15, 0.2) is 42.6 Å². The van der Waals surface area contributed by atoms with Gasteiger partial charge in [0.25, 0.3) is 0 Å². The quantitative estimate of drug-likeness (QED) is 0.558. The maximum Gasteiger partial charge on any atom is 0.162 e. The summed E-state index contributed by atoms with van der Waals surface area (Å²) < 4.78 is 16.4. The predicted molar refractivity (Wildman–Crippen MR) is 109 cm³/mol. The summed E-state index contributed by atoms with van der Waals surface area (Å²) >= 11 is 0. The third-order valence-corrected chi connectivity index (χ3v) is 5.09. The van der Waals surface area contributed by atoms with Crippen molar-refractivity contribution in [2.75, 3.05) is 40.5 Å². The van der Waals surface area contributed by atoms with Crippen molar-refractivity contribution in [3.8, 4) is 22.6 Å². The number of fused-ring (bicyclic) bond motifs is 1. The van der Waals surface area contributed by atoms with Crippen LogP contribution in [0.1, 0.15) is 12.0 Å². The van der Waals surface area contributed by atoms with Gasteiger partial charge in [-0.3, -0.25) is 4.90 Å². The zero-order chi connectivity index (χ0) is 19.3. The van der Waals surface area contributed by atoms with Crippen molar-refractivity contribution in [2.24, 2.45) is 0 Å². The molecule has 0 aliphatic carbocycles. The lowest BCUT2D eigenvalue weighted by Gasteiger charge is -2.30. The largest absolute Gasteiger partial charge is 0.493 e. The summed E-state index contributed by atoms with van der Waals surface area (Å²) in [5.41, 5.74) is 4.25. The summed E-state index contributed by atoms with van der Waals surface area (Å²) in [6, 6.07) is 12.5. The molecule has 2 heterocycles. The molecule has 0 amide bonds. The Hall–Kier alpha value is -2.70. The minimum Gasteiger partial charge on any atom is -0.493 e. The van der Waals surface area contributed by atoms with E-state index < -0.39 is 0 Å². The second-order valence-electron chi connectivity index (χ2n) is 6.95. The van der Waals surface area contributed by atoms with Gasteiger partial charge in [-0.2, -0.15) is 10.2 Å². The molecule has 0 spiro atoms. The lowest BCUT2D eigenvalue weighted by atomic mass is 10.0. The molecule has 1 saturated heterocycles. The molecule has 146 valence electrons. The van der Waals surface area contributed by atoms with Gasteiger partial charge in [0.2, 0.25) is 0 Å². The topological polar surface area (TPSA) is 56.7 Å². The Morgan fingerprint density at radius 3 is 2.50 bits per heavy atom. The van der Waals surface area contributed by atoms with E-state index in [-0.39, 0.29) is 0 Å². The van der Waals surface area contributed by atoms with Crippen molar-refractivity contribution in [1.29, 1.82) is 0 Å². The molecule has 0 atom stereocenters. The minimum absolute atomic E-state index is 0.456. The summed E-state index contributed by atoms with van der Waals surface area (Å²) in [6.07, 6.45) is 3.11. The first-order valence-corrected chi connectivity index (χ1v) is 9.55. The second kappa shape index (κ2) is 8.54. The highest BCUT2D eigenvalue weighted by Crippen LogP contribution is 2.36. The van der Waals surface area contributed by atoms with Crippen LogP contribution in [0, 0.1) is 0 Å². The van der Waals surface area contributed by atoms with Crippen molar-refractivity contribution in [1.82, 2.24) is 15.1 Å². The van der Waals surface area contributed by atoms with Crippen molar-refractivity contribution in [3.63, 3.8) is 0 Å². The monoisotopic (exact) mass is 379 g/mol. The highest BCUT2D eigenvalue weighted by molar-refractivity contribution is 5.95. The normalized spacial score (nSPS) is 14.1. The van der Waals surface area contributed by atoms with Gasteiger partial charge in [0.05, 0.1) is 25.4 Å². The van der Waals surface area contributed by atoms with Crippen molar-refractivity contribution in [2.45, 2.75) is 13.0 Å². The number of nitrogens with zero attached hydrogens (tertiary/aromatic N) is 3. The third-order valence-electron chi connectivity index (χ3n) is 5.09. The van der Waals surface area contributed by atoms with E-state index in [9.17, 15) is 0 Å². The number of likely N-dealkylation sites (tertiary alicyclic amines) is 1. The summed E-state index contributed by atoms with van der Waals surface area (Å²) in [7, 11) is 3.28. The van der Waals surface area contributed by atoms with Crippen LogP contribution in [-0.2, 0) is 11.3 Å². The van der Waals surface area contributed by atoms with Crippen LogP contribution in [0.3, 0.4) is 0 Å². The van der Waals surface area contributed by atoms with E-state index in [2.05, 4.69) is 39.4 Å². The number of aromatic nitrogens is 2. The van der Waals surface area contributed by atoms with Crippen molar-refractivity contribution >= 4 is 10.9 Å². The highest BCUT2D eigenvalue weighted by atomic mass is 16.5. The fourth-order valence-electron chi connectivity index (χ4n) is 3.39. The molecule has 1 fully saturated rings. The van der Waals surface area contributed by atoms with Crippen LogP contribution in [0.4, 0.5) is 0 Å². The molecule has 0 radical (unpaired) electrons. The molecule has 4 rings (SSSR count). The van der Waals surface area contributed by atoms with Gasteiger partial charge >= 0.3 is 0 Å². The average molecular weight is 379 g/mol. The molecule has 6 nitrogen and oxygen atoms in total. The minimum atomic E-state index is 0.456. The number of rotatable bonds is 8. The van der Waals surface area contributed by atoms with Gasteiger partial charge in [0.1, 0.15) is 6.61 Å². The maximum atomic E-state index is 5.85. The summed E-state index contributed by atoms with van der Waals surface area (Å²) in [4.78, 5) is 2.45. The fraction of sp³-hybridized carbons (Fsp3) is 0.364. The first kappa shape index (κ1) is 18.7. The van der Waals surface area contributed by atoms with Gasteiger partial charge in [0, 0.05) is 30.7 Å². The highest BCUT2D eigenvalue weighted by Gasteiger charge is 2.15. The Bertz CT molecular complexity index is 940. The van der Waals surface area contributed by atoms with Crippen LogP contribution in [0.2, 0.25) is 0 Å². The standard InChI is InChI=1S/C22H25N3O3/c1-26-10-11-28-22-12-18-19(14-23-24-20(18)13-21(22)27-2)17-6-4-16(5-7-17)15-25-8-3-9-25/h4-7,12-14H,3,8-11,15H2,1-2H3. The molecule has 28 heavy (non-hydrogen) atoms. The summed E-state index contributed by atoms with van der Waals surface area (Å²) in [5.74, 6) is 1.32. The lowest BCUT2D eigenvalue weighted by molar-refractivity contribution is 0.144. The molecule has 2 aromatic carbocycles. The smallest absolute Gasteiger partial charge is 0.162 e. The third kappa shape index (κ3) is 3.93. The zero-order valence-corrected chi connectivity index (χ0v) is 16.4. The van der Waals surface area contributed by atoms with E-state index in [1.165, 1.54) is 25.1 Å². The first-order chi connectivity index (χ1) is 13.8. The number of hydrogen-bond donors (Lipinski definition) is 0. The fourth-order valence-corrected chi connectivity index (χ4v) is 3.39. The van der Waals surface area contributed by atoms with Crippen molar-refractivity contribution in [3.05, 3.63) is 48.2 Å². The van der Waals surface area contributed by atoms with Gasteiger partial charge < -0.3 is 14.2 Å². The number of benzene rings is 2. The second-order valence-corrected chi connectivity index (χ2v) is 6.95. The summed E-state index contributed by atoms with van der Waals surface area (Å²) in [5, 5.41) is 9.45. The first-order valence-electron chi connectivity index (χ1n) is 9.55. The Kier molecular flexibility index (Phi) is 5.69. The SMILES string of the molecule is COCCOc1cc2c(-c3ccc(CN4CCC4)cc3)cnnc2cc1OC. The van der Waals surface area contributed by atoms with Crippen LogP contribution < -0.4 is 9.47 Å². The van der Waals surface area contributed by atoms with Gasteiger partial charge in [-0.05, 0) is 36.7 Å². The Morgan fingerprint density at radius 2 is 1.82 bits per heavy atom. The molecule has 1 aliphatic heterocycles. The number of ether oxygens (including phenoxy) is 3. The predicted octanol–water partition coefficient (Wildman–Crippen LogP) is 3.54. The Morgan fingerprint density at radius 1 is 1.00 bits per heavy atom. The molecule has 1 aliphatic rings. The van der Waals surface area contributed by atoms with E-state index in [1.807, 2.05) is 12.1 Å². The molecule has 6 heteroatoms. The van der Waals surface area contributed by atoms with Gasteiger partial charge in [-0.1, -0.05) is 24.3 Å². The van der Waals surface area contributed by atoms with E-state index in [0.717, 1.165) is 28.6 Å². The zero-order valence-electron chi connectivity index (χ0n) is 16.4. The van der Waals surface area contributed by atoms with Gasteiger partial charge in [-0.15, -0.1) is 0 Å². The lowest BCUT2D eigenvalue weighted by Crippen LogP contribution is -2.36. The van der Waals surface area contributed by atoms with E-state index in [4.69, 9.17) is 14.2 Å². The van der Waals surface area contributed by atoms with Crippen LogP contribution in [-0.4, -0.2) is 55.6 Å².